The third-order valence-electron chi connectivity index (χ3n) is 4.79. The summed E-state index contributed by atoms with van der Waals surface area (Å²) in [7, 11) is 1.46. The smallest absolute Gasteiger partial charge is 0.260 e. The fourth-order valence-electron chi connectivity index (χ4n) is 3.38. The van der Waals surface area contributed by atoms with E-state index < -0.39 is 0 Å². The number of carbonyl (C=O) groups excluding carboxylic acids is 1. The zero-order valence-electron chi connectivity index (χ0n) is 16.2. The third-order valence-corrected chi connectivity index (χ3v) is 4.79. The molecule has 0 aliphatic carbocycles. The van der Waals surface area contributed by atoms with Gasteiger partial charge in [0.25, 0.3) is 5.91 Å². The number of ether oxygens (including phenoxy) is 1. The highest BCUT2D eigenvalue weighted by Gasteiger charge is 2.12. The second-order valence-electron chi connectivity index (χ2n) is 6.67. The Morgan fingerprint density at radius 3 is 2.33 bits per heavy atom. The second kappa shape index (κ2) is 8.08. The van der Waals surface area contributed by atoms with E-state index in [1.165, 1.54) is 19.4 Å². The van der Waals surface area contributed by atoms with Crippen LogP contribution in [0.15, 0.2) is 76.6 Å². The van der Waals surface area contributed by atoms with Crippen LogP contribution in [-0.4, -0.2) is 28.9 Å². The molecule has 7 nitrogen and oxygen atoms in total. The van der Waals surface area contributed by atoms with Crippen molar-refractivity contribution < 1.29 is 14.6 Å². The first-order valence-electron chi connectivity index (χ1n) is 9.27. The number of aromatic hydroxyl groups is 1. The van der Waals surface area contributed by atoms with Gasteiger partial charge < -0.3 is 14.4 Å². The number of phenols is 1. The summed E-state index contributed by atoms with van der Waals surface area (Å²) in [6.45, 7) is -0.00243. The SMILES string of the molecule is COc1cc(C=NNC(=O)Cn2c3ccccc3c(=O)c3ccccc32)ccc1O. The number of aromatic nitrogens is 1. The molecule has 0 radical (unpaired) electrons. The zero-order chi connectivity index (χ0) is 21.1. The number of hydrogen-bond acceptors (Lipinski definition) is 5. The van der Waals surface area contributed by atoms with Crippen LogP contribution in [0.2, 0.25) is 0 Å². The number of amides is 1. The van der Waals surface area contributed by atoms with Crippen LogP contribution in [0.3, 0.4) is 0 Å². The summed E-state index contributed by atoms with van der Waals surface area (Å²) in [6.07, 6.45) is 1.46. The molecule has 4 rings (SSSR count). The Hall–Kier alpha value is -4.13. The third kappa shape index (κ3) is 3.60. The molecule has 2 N–H and O–H groups in total. The van der Waals surface area contributed by atoms with E-state index >= 15 is 0 Å². The first-order valence-corrected chi connectivity index (χ1v) is 9.27. The normalized spacial score (nSPS) is 11.2. The number of phenolic OH excluding ortho intramolecular Hbond substituents is 1. The molecule has 0 bridgehead atoms. The predicted molar refractivity (Wildman–Crippen MR) is 116 cm³/mol. The summed E-state index contributed by atoms with van der Waals surface area (Å²) in [5.74, 6) is 0.00286. The van der Waals surface area contributed by atoms with Gasteiger partial charge in [0.15, 0.2) is 16.9 Å². The first-order chi connectivity index (χ1) is 14.6. The first kappa shape index (κ1) is 19.2. The monoisotopic (exact) mass is 401 g/mol. The average Bonchev–Trinajstić information content (AvgIpc) is 2.77. The molecule has 1 amide bonds. The Morgan fingerprint density at radius 1 is 1.07 bits per heavy atom. The Labute approximate surface area is 171 Å². The predicted octanol–water partition coefficient (Wildman–Crippen LogP) is 3.02. The fraction of sp³-hybridized carbons (Fsp3) is 0.0870. The number of nitrogens with zero attached hydrogens (tertiary/aromatic N) is 2. The summed E-state index contributed by atoms with van der Waals surface area (Å²) >= 11 is 0. The molecule has 3 aromatic carbocycles. The van der Waals surface area contributed by atoms with E-state index in [4.69, 9.17) is 4.74 Å². The Kier molecular flexibility index (Phi) is 5.17. The maximum Gasteiger partial charge on any atom is 0.260 e. The van der Waals surface area contributed by atoms with Crippen molar-refractivity contribution in [1.29, 1.82) is 0 Å². The summed E-state index contributed by atoms with van der Waals surface area (Å²) in [4.78, 5) is 25.3. The number of rotatable bonds is 5. The largest absolute Gasteiger partial charge is 0.504 e. The lowest BCUT2D eigenvalue weighted by Gasteiger charge is -2.14. The van der Waals surface area contributed by atoms with Crippen molar-refractivity contribution in [2.45, 2.75) is 6.54 Å². The van der Waals surface area contributed by atoms with Gasteiger partial charge in [0, 0.05) is 10.8 Å². The Balaban J connectivity index is 1.62. The van der Waals surface area contributed by atoms with E-state index in [1.807, 2.05) is 24.3 Å². The van der Waals surface area contributed by atoms with Crippen molar-refractivity contribution in [3.8, 4) is 11.5 Å². The highest BCUT2D eigenvalue weighted by atomic mass is 16.5. The number of methoxy groups -OCH3 is 1. The number of benzene rings is 3. The van der Waals surface area contributed by atoms with Crippen LogP contribution in [0.1, 0.15) is 5.56 Å². The van der Waals surface area contributed by atoms with E-state index in [0.29, 0.717) is 33.1 Å². The van der Waals surface area contributed by atoms with Crippen LogP contribution in [0.4, 0.5) is 0 Å². The minimum atomic E-state index is -0.337. The molecule has 30 heavy (non-hydrogen) atoms. The minimum absolute atomic E-state index is 0.00243. The van der Waals surface area contributed by atoms with Gasteiger partial charge in [-0.2, -0.15) is 5.10 Å². The maximum atomic E-state index is 12.8. The van der Waals surface area contributed by atoms with Gasteiger partial charge in [-0.15, -0.1) is 0 Å². The lowest BCUT2D eigenvalue weighted by Crippen LogP contribution is -2.25. The molecule has 7 heteroatoms. The van der Waals surface area contributed by atoms with Gasteiger partial charge in [0.1, 0.15) is 6.54 Å². The van der Waals surface area contributed by atoms with E-state index in [0.717, 1.165) is 0 Å². The number of pyridine rings is 1. The van der Waals surface area contributed by atoms with Crippen molar-refractivity contribution in [3.05, 3.63) is 82.5 Å². The summed E-state index contributed by atoms with van der Waals surface area (Å²) in [5, 5.41) is 14.7. The van der Waals surface area contributed by atoms with Crippen molar-refractivity contribution in [3.63, 3.8) is 0 Å². The second-order valence-corrected chi connectivity index (χ2v) is 6.67. The number of hydrazone groups is 1. The lowest BCUT2D eigenvalue weighted by atomic mass is 10.1. The van der Waals surface area contributed by atoms with Gasteiger partial charge in [-0.25, -0.2) is 5.43 Å². The van der Waals surface area contributed by atoms with Gasteiger partial charge in [-0.05, 0) is 48.0 Å². The summed E-state index contributed by atoms with van der Waals surface area (Å²) in [5.41, 5.74) is 4.47. The molecule has 0 unspecified atom stereocenters. The van der Waals surface area contributed by atoms with E-state index in [1.54, 1.807) is 41.0 Å². The molecule has 0 fully saturated rings. The molecule has 1 aromatic heterocycles. The Bertz CT molecular complexity index is 1280. The molecule has 1 heterocycles. The molecule has 0 saturated carbocycles. The van der Waals surface area contributed by atoms with Gasteiger partial charge in [0.2, 0.25) is 0 Å². The zero-order valence-corrected chi connectivity index (χ0v) is 16.2. The quantitative estimate of drug-likeness (QED) is 0.305. The lowest BCUT2D eigenvalue weighted by molar-refractivity contribution is -0.121. The molecular weight excluding hydrogens is 382 g/mol. The van der Waals surface area contributed by atoms with Crippen LogP contribution in [0.25, 0.3) is 21.8 Å². The van der Waals surface area contributed by atoms with Crippen LogP contribution in [0, 0.1) is 0 Å². The molecule has 0 aliphatic rings. The van der Waals surface area contributed by atoms with E-state index in [9.17, 15) is 14.7 Å². The standard InChI is InChI=1S/C23H19N3O4/c1-30-21-12-15(10-11-20(21)27)13-24-25-22(28)14-26-18-8-4-2-6-16(18)23(29)17-7-3-5-9-19(17)26/h2-13,27H,14H2,1H3,(H,25,28). The number of hydrogen-bond donors (Lipinski definition) is 2. The molecule has 150 valence electrons. The van der Waals surface area contributed by atoms with Gasteiger partial charge in [-0.3, -0.25) is 9.59 Å². The van der Waals surface area contributed by atoms with Crippen molar-refractivity contribution in [2.24, 2.45) is 5.10 Å². The highest BCUT2D eigenvalue weighted by molar-refractivity contribution is 5.95. The topological polar surface area (TPSA) is 92.9 Å². The van der Waals surface area contributed by atoms with Crippen molar-refractivity contribution >= 4 is 33.9 Å². The molecule has 0 atom stereocenters. The highest BCUT2D eigenvalue weighted by Crippen LogP contribution is 2.25. The van der Waals surface area contributed by atoms with Crippen molar-refractivity contribution in [2.75, 3.05) is 7.11 Å². The number of carbonyl (C=O) groups is 1. The molecule has 0 spiro atoms. The molecule has 0 aliphatic heterocycles. The van der Waals surface area contributed by atoms with E-state index in [-0.39, 0.29) is 23.6 Å². The maximum absolute atomic E-state index is 12.8. The molecule has 0 saturated heterocycles. The average molecular weight is 401 g/mol. The van der Waals surface area contributed by atoms with Crippen molar-refractivity contribution in [1.82, 2.24) is 9.99 Å². The molecule has 4 aromatic rings. The minimum Gasteiger partial charge on any atom is -0.504 e. The summed E-state index contributed by atoms with van der Waals surface area (Å²) in [6, 6.07) is 19.2. The fourth-order valence-corrected chi connectivity index (χ4v) is 3.38. The number of para-hydroxylation sites is 2. The Morgan fingerprint density at radius 2 is 1.70 bits per heavy atom. The van der Waals surface area contributed by atoms with Crippen LogP contribution >= 0.6 is 0 Å². The van der Waals surface area contributed by atoms with Gasteiger partial charge >= 0.3 is 0 Å². The number of nitrogens with one attached hydrogen (secondary N) is 1. The van der Waals surface area contributed by atoms with E-state index in [2.05, 4.69) is 10.5 Å². The molecular formula is C23H19N3O4. The van der Waals surface area contributed by atoms with Crippen LogP contribution < -0.4 is 15.6 Å². The van der Waals surface area contributed by atoms with Gasteiger partial charge in [0.05, 0.1) is 24.4 Å². The van der Waals surface area contributed by atoms with Gasteiger partial charge in [-0.1, -0.05) is 24.3 Å². The number of fused-ring (bicyclic) bond motifs is 2. The summed E-state index contributed by atoms with van der Waals surface area (Å²) < 4.78 is 6.86. The van der Waals surface area contributed by atoms with Crippen LogP contribution in [-0.2, 0) is 11.3 Å². The van der Waals surface area contributed by atoms with Crippen LogP contribution in [0.5, 0.6) is 11.5 Å².